The molecule has 0 aromatic carbocycles. The first-order valence-corrected chi connectivity index (χ1v) is 9.34. The minimum atomic E-state index is -0.270. The van der Waals surface area contributed by atoms with Crippen LogP contribution >= 0.6 is 11.3 Å². The van der Waals surface area contributed by atoms with Gasteiger partial charge in [-0.15, -0.1) is 11.3 Å². The SMILES string of the molecule is Cc1cnc(NC(=O)C2CCCCN2c2cc(-n3cccn3)ncn2)s1. The van der Waals surface area contributed by atoms with E-state index >= 15 is 0 Å². The molecule has 4 heterocycles. The first-order chi connectivity index (χ1) is 12.7. The van der Waals surface area contributed by atoms with Crippen LogP contribution in [0.2, 0.25) is 0 Å². The van der Waals surface area contributed by atoms with Gasteiger partial charge in [-0.1, -0.05) is 0 Å². The van der Waals surface area contributed by atoms with Crippen molar-refractivity contribution < 1.29 is 4.79 Å². The summed E-state index contributed by atoms with van der Waals surface area (Å²) in [4.78, 5) is 28.8. The monoisotopic (exact) mass is 369 g/mol. The first kappa shape index (κ1) is 16.6. The molecule has 8 nitrogen and oxygen atoms in total. The number of carbonyl (C=O) groups excluding carboxylic acids is 1. The van der Waals surface area contributed by atoms with Gasteiger partial charge in [0.05, 0.1) is 0 Å². The molecule has 1 aliphatic heterocycles. The minimum Gasteiger partial charge on any atom is -0.344 e. The Labute approximate surface area is 154 Å². The van der Waals surface area contributed by atoms with E-state index < -0.39 is 0 Å². The lowest BCUT2D eigenvalue weighted by atomic mass is 10.0. The highest BCUT2D eigenvalue weighted by Gasteiger charge is 2.30. The van der Waals surface area contributed by atoms with Crippen LogP contribution in [0.4, 0.5) is 10.9 Å². The summed E-state index contributed by atoms with van der Waals surface area (Å²) >= 11 is 1.48. The third-order valence-electron chi connectivity index (χ3n) is 4.33. The van der Waals surface area contributed by atoms with Crippen LogP contribution in [0.1, 0.15) is 24.1 Å². The summed E-state index contributed by atoms with van der Waals surface area (Å²) in [6.45, 7) is 2.75. The quantitative estimate of drug-likeness (QED) is 0.760. The number of hydrogen-bond donors (Lipinski definition) is 1. The second-order valence-electron chi connectivity index (χ2n) is 6.16. The molecule has 1 N–H and O–H groups in total. The van der Waals surface area contributed by atoms with E-state index in [0.29, 0.717) is 10.9 Å². The number of hydrogen-bond acceptors (Lipinski definition) is 7. The summed E-state index contributed by atoms with van der Waals surface area (Å²) in [5.41, 5.74) is 0. The maximum Gasteiger partial charge on any atom is 0.248 e. The number of rotatable bonds is 4. The van der Waals surface area contributed by atoms with Gasteiger partial charge in [-0.3, -0.25) is 4.79 Å². The second-order valence-corrected chi connectivity index (χ2v) is 7.39. The molecule has 1 fully saturated rings. The van der Waals surface area contributed by atoms with Gasteiger partial charge < -0.3 is 10.2 Å². The molecule has 3 aromatic heterocycles. The molecule has 4 rings (SSSR count). The average Bonchev–Trinajstić information content (AvgIpc) is 3.34. The highest BCUT2D eigenvalue weighted by Crippen LogP contribution is 2.26. The lowest BCUT2D eigenvalue weighted by Gasteiger charge is -2.35. The van der Waals surface area contributed by atoms with Gasteiger partial charge in [0, 0.05) is 36.1 Å². The third kappa shape index (κ3) is 3.43. The zero-order chi connectivity index (χ0) is 17.9. The molecule has 1 amide bonds. The summed E-state index contributed by atoms with van der Waals surface area (Å²) in [6, 6.07) is 3.44. The molecule has 0 radical (unpaired) electrons. The Morgan fingerprint density at radius 2 is 2.15 bits per heavy atom. The largest absolute Gasteiger partial charge is 0.344 e. The first-order valence-electron chi connectivity index (χ1n) is 8.53. The minimum absolute atomic E-state index is 0.0432. The van der Waals surface area contributed by atoms with Crippen LogP contribution < -0.4 is 10.2 Å². The molecule has 0 bridgehead atoms. The van der Waals surface area contributed by atoms with Gasteiger partial charge in [-0.05, 0) is 32.3 Å². The average molecular weight is 369 g/mol. The van der Waals surface area contributed by atoms with Gasteiger partial charge in [-0.25, -0.2) is 19.6 Å². The molecular formula is C17H19N7OS. The normalized spacial score (nSPS) is 17.3. The smallest absolute Gasteiger partial charge is 0.248 e. The van der Waals surface area contributed by atoms with Gasteiger partial charge in [0.2, 0.25) is 5.91 Å². The number of aromatic nitrogens is 5. The standard InChI is InChI=1S/C17H19N7OS/c1-12-10-18-17(26-12)22-16(25)13-5-2-3-7-23(13)14-9-15(20-11-19-14)24-8-4-6-21-24/h4,6,8-11,13H,2-3,5,7H2,1H3,(H,18,22,25). The van der Waals surface area contributed by atoms with Gasteiger partial charge in [-0.2, -0.15) is 5.10 Å². The van der Waals surface area contributed by atoms with Crippen molar-refractivity contribution in [3.8, 4) is 5.82 Å². The molecule has 0 saturated carbocycles. The van der Waals surface area contributed by atoms with Gasteiger partial charge in [0.15, 0.2) is 10.9 Å². The summed E-state index contributed by atoms with van der Waals surface area (Å²) in [5, 5.41) is 7.78. The predicted octanol–water partition coefficient (Wildman–Crippen LogP) is 2.42. The number of aryl methyl sites for hydroxylation is 1. The van der Waals surface area contributed by atoms with Crippen LogP contribution in [0, 0.1) is 6.92 Å². The molecule has 1 saturated heterocycles. The summed E-state index contributed by atoms with van der Waals surface area (Å²) in [5.74, 6) is 1.37. The summed E-state index contributed by atoms with van der Waals surface area (Å²) in [6.07, 6.45) is 9.65. The molecule has 1 aliphatic rings. The Balaban J connectivity index is 1.57. The highest BCUT2D eigenvalue weighted by atomic mass is 32.1. The van der Waals surface area contributed by atoms with E-state index in [1.807, 2.05) is 30.2 Å². The summed E-state index contributed by atoms with van der Waals surface area (Å²) < 4.78 is 1.68. The number of anilines is 2. The molecular weight excluding hydrogens is 350 g/mol. The van der Waals surface area contributed by atoms with Gasteiger partial charge in [0.25, 0.3) is 0 Å². The second kappa shape index (κ2) is 7.20. The summed E-state index contributed by atoms with van der Waals surface area (Å²) in [7, 11) is 0. The Morgan fingerprint density at radius 1 is 1.27 bits per heavy atom. The van der Waals surface area contributed by atoms with E-state index in [1.165, 1.54) is 17.7 Å². The van der Waals surface area contributed by atoms with Crippen molar-refractivity contribution in [3.63, 3.8) is 0 Å². The number of amides is 1. The van der Waals surface area contributed by atoms with Crippen molar-refractivity contribution in [1.82, 2.24) is 24.7 Å². The van der Waals surface area contributed by atoms with E-state index in [1.54, 1.807) is 17.1 Å². The maximum atomic E-state index is 12.8. The topological polar surface area (TPSA) is 88.8 Å². The fraction of sp³-hybridized carbons (Fsp3) is 0.353. The van der Waals surface area contributed by atoms with E-state index in [4.69, 9.17) is 0 Å². The van der Waals surface area contributed by atoms with E-state index in [0.717, 1.165) is 36.5 Å². The van der Waals surface area contributed by atoms with Crippen LogP contribution in [-0.2, 0) is 4.79 Å². The Bertz CT molecular complexity index is 892. The lowest BCUT2D eigenvalue weighted by molar-refractivity contribution is -0.117. The molecule has 1 unspecified atom stereocenters. The molecule has 134 valence electrons. The van der Waals surface area contributed by atoms with Crippen molar-refractivity contribution in [2.24, 2.45) is 0 Å². The number of carbonyl (C=O) groups is 1. The van der Waals surface area contributed by atoms with Crippen LogP contribution in [0.15, 0.2) is 37.1 Å². The third-order valence-corrected chi connectivity index (χ3v) is 5.16. The molecule has 9 heteroatoms. The zero-order valence-corrected chi connectivity index (χ0v) is 15.2. The Hall–Kier alpha value is -2.81. The van der Waals surface area contributed by atoms with Gasteiger partial charge >= 0.3 is 0 Å². The zero-order valence-electron chi connectivity index (χ0n) is 14.4. The van der Waals surface area contributed by atoms with Crippen molar-refractivity contribution in [3.05, 3.63) is 41.9 Å². The predicted molar refractivity (Wildman–Crippen MR) is 99.6 cm³/mol. The van der Waals surface area contributed by atoms with Crippen molar-refractivity contribution >= 4 is 28.2 Å². The molecule has 26 heavy (non-hydrogen) atoms. The molecule has 3 aromatic rings. The van der Waals surface area contributed by atoms with Crippen molar-refractivity contribution in [2.45, 2.75) is 32.2 Å². The molecule has 0 aliphatic carbocycles. The van der Waals surface area contributed by atoms with Crippen LogP contribution in [0.5, 0.6) is 0 Å². The number of nitrogens with zero attached hydrogens (tertiary/aromatic N) is 6. The lowest BCUT2D eigenvalue weighted by Crippen LogP contribution is -2.47. The number of nitrogens with one attached hydrogen (secondary N) is 1. The molecule has 1 atom stereocenters. The number of thiazole rings is 1. The van der Waals surface area contributed by atoms with E-state index in [-0.39, 0.29) is 11.9 Å². The Kier molecular flexibility index (Phi) is 4.61. The van der Waals surface area contributed by atoms with Crippen LogP contribution in [-0.4, -0.2) is 43.2 Å². The van der Waals surface area contributed by atoms with Gasteiger partial charge in [0.1, 0.15) is 18.2 Å². The maximum absolute atomic E-state index is 12.8. The van der Waals surface area contributed by atoms with E-state index in [2.05, 4.69) is 25.4 Å². The van der Waals surface area contributed by atoms with Crippen molar-refractivity contribution in [2.75, 3.05) is 16.8 Å². The van der Waals surface area contributed by atoms with E-state index in [9.17, 15) is 4.79 Å². The van der Waals surface area contributed by atoms with Crippen molar-refractivity contribution in [1.29, 1.82) is 0 Å². The highest BCUT2D eigenvalue weighted by molar-refractivity contribution is 7.15. The molecule has 0 spiro atoms. The van der Waals surface area contributed by atoms with Crippen LogP contribution in [0.3, 0.4) is 0 Å². The Morgan fingerprint density at radius 3 is 2.92 bits per heavy atom. The van der Waals surface area contributed by atoms with Crippen LogP contribution in [0.25, 0.3) is 5.82 Å². The fourth-order valence-electron chi connectivity index (χ4n) is 3.10. The number of piperidine rings is 1. The fourth-order valence-corrected chi connectivity index (χ4v) is 3.77.